The Morgan fingerprint density at radius 3 is 2.50 bits per heavy atom. The molecule has 18 heavy (non-hydrogen) atoms. The van der Waals surface area contributed by atoms with Gasteiger partial charge in [-0.2, -0.15) is 0 Å². The SMILES string of the molecule is C/C=C\C(=C/C)C1C=CC(c2ccccc2)=CC1. The van der Waals surface area contributed by atoms with Crippen molar-refractivity contribution in [2.75, 3.05) is 0 Å². The minimum atomic E-state index is 0.527. The van der Waals surface area contributed by atoms with E-state index in [-0.39, 0.29) is 0 Å². The van der Waals surface area contributed by atoms with Gasteiger partial charge in [-0.25, -0.2) is 0 Å². The maximum Gasteiger partial charge on any atom is 0.00527 e. The summed E-state index contributed by atoms with van der Waals surface area (Å²) in [4.78, 5) is 0. The molecule has 1 aliphatic carbocycles. The lowest BCUT2D eigenvalue weighted by Crippen LogP contribution is -2.02. The van der Waals surface area contributed by atoms with Crippen LogP contribution < -0.4 is 0 Å². The maximum absolute atomic E-state index is 2.34. The zero-order chi connectivity index (χ0) is 12.8. The van der Waals surface area contributed by atoms with Gasteiger partial charge in [-0.05, 0) is 37.0 Å². The highest BCUT2D eigenvalue weighted by atomic mass is 14.2. The maximum atomic E-state index is 2.34. The summed E-state index contributed by atoms with van der Waals surface area (Å²) < 4.78 is 0. The van der Waals surface area contributed by atoms with Crippen molar-refractivity contribution in [2.24, 2.45) is 5.92 Å². The van der Waals surface area contributed by atoms with Crippen LogP contribution in [0, 0.1) is 5.92 Å². The Balaban J connectivity index is 2.12. The molecular formula is C18H20. The normalized spacial score (nSPS) is 20.2. The van der Waals surface area contributed by atoms with Crippen molar-refractivity contribution in [3.05, 3.63) is 77.9 Å². The quantitative estimate of drug-likeness (QED) is 0.635. The van der Waals surface area contributed by atoms with E-state index in [0.29, 0.717) is 5.92 Å². The Hall–Kier alpha value is -1.82. The third-order valence-electron chi connectivity index (χ3n) is 3.33. The average Bonchev–Trinajstić information content (AvgIpc) is 2.46. The topological polar surface area (TPSA) is 0 Å². The molecule has 0 spiro atoms. The molecule has 0 aromatic heterocycles. The first kappa shape index (κ1) is 12.6. The van der Waals surface area contributed by atoms with Crippen molar-refractivity contribution in [3.8, 4) is 0 Å². The van der Waals surface area contributed by atoms with Crippen LogP contribution in [0.25, 0.3) is 5.57 Å². The number of hydrogen-bond acceptors (Lipinski definition) is 0. The Bertz CT molecular complexity index is 498. The Morgan fingerprint density at radius 2 is 1.94 bits per heavy atom. The standard InChI is InChI=1S/C18H20/c1-3-8-15(4-2)17-11-13-18(14-12-17)16-9-6-5-7-10-16/h3-11,13-14,17H,12H2,1-2H3/b8-3-,15-4+. The summed E-state index contributed by atoms with van der Waals surface area (Å²) in [5, 5.41) is 0. The molecule has 1 aliphatic rings. The van der Waals surface area contributed by atoms with E-state index < -0.39 is 0 Å². The van der Waals surface area contributed by atoms with Crippen LogP contribution in [0.15, 0.2) is 72.4 Å². The lowest BCUT2D eigenvalue weighted by molar-refractivity contribution is 0.787. The van der Waals surface area contributed by atoms with Gasteiger partial charge in [-0.15, -0.1) is 0 Å². The molecule has 0 heterocycles. The summed E-state index contributed by atoms with van der Waals surface area (Å²) in [6.45, 7) is 4.18. The summed E-state index contributed by atoms with van der Waals surface area (Å²) >= 11 is 0. The molecular weight excluding hydrogens is 216 g/mol. The highest BCUT2D eigenvalue weighted by molar-refractivity contribution is 5.75. The van der Waals surface area contributed by atoms with Crippen LogP contribution in [0.3, 0.4) is 0 Å². The molecule has 2 rings (SSSR count). The van der Waals surface area contributed by atoms with Crippen molar-refractivity contribution in [1.29, 1.82) is 0 Å². The molecule has 1 unspecified atom stereocenters. The monoisotopic (exact) mass is 236 g/mol. The van der Waals surface area contributed by atoms with Gasteiger partial charge in [0.15, 0.2) is 0 Å². The van der Waals surface area contributed by atoms with Crippen molar-refractivity contribution in [2.45, 2.75) is 20.3 Å². The molecule has 0 N–H and O–H groups in total. The molecule has 1 atom stereocenters. The third kappa shape index (κ3) is 2.89. The first-order valence-corrected chi connectivity index (χ1v) is 6.58. The number of allylic oxidation sites excluding steroid dienone is 8. The zero-order valence-corrected chi connectivity index (χ0v) is 11.1. The lowest BCUT2D eigenvalue weighted by atomic mass is 9.87. The third-order valence-corrected chi connectivity index (χ3v) is 3.33. The lowest BCUT2D eigenvalue weighted by Gasteiger charge is -2.17. The van der Waals surface area contributed by atoms with Gasteiger partial charge in [-0.3, -0.25) is 0 Å². The highest BCUT2D eigenvalue weighted by Gasteiger charge is 2.11. The van der Waals surface area contributed by atoms with Crippen LogP contribution in [0.2, 0.25) is 0 Å². The fourth-order valence-electron chi connectivity index (χ4n) is 2.34. The molecule has 0 radical (unpaired) electrons. The van der Waals surface area contributed by atoms with Crippen LogP contribution >= 0.6 is 0 Å². The Labute approximate surface area is 110 Å². The minimum Gasteiger partial charge on any atom is -0.0874 e. The van der Waals surface area contributed by atoms with Gasteiger partial charge in [0.05, 0.1) is 0 Å². The van der Waals surface area contributed by atoms with E-state index in [1.54, 1.807) is 0 Å². The van der Waals surface area contributed by atoms with Gasteiger partial charge in [0, 0.05) is 5.92 Å². The van der Waals surface area contributed by atoms with Crippen LogP contribution in [-0.4, -0.2) is 0 Å². The minimum absolute atomic E-state index is 0.527. The van der Waals surface area contributed by atoms with E-state index in [9.17, 15) is 0 Å². The molecule has 0 nitrogen and oxygen atoms in total. The molecule has 0 fully saturated rings. The summed E-state index contributed by atoms with van der Waals surface area (Å²) in [6.07, 6.45) is 14.5. The molecule has 0 saturated heterocycles. The second-order valence-electron chi connectivity index (χ2n) is 4.52. The molecule has 0 saturated carbocycles. The number of benzene rings is 1. The molecule has 1 aromatic carbocycles. The fraction of sp³-hybridized carbons (Fsp3) is 0.222. The van der Waals surface area contributed by atoms with E-state index in [1.807, 2.05) is 0 Å². The first-order chi connectivity index (χ1) is 8.85. The summed E-state index contributed by atoms with van der Waals surface area (Å²) in [7, 11) is 0. The average molecular weight is 236 g/mol. The molecule has 0 aliphatic heterocycles. The van der Waals surface area contributed by atoms with Crippen LogP contribution in [-0.2, 0) is 0 Å². The number of hydrogen-bond donors (Lipinski definition) is 0. The largest absolute Gasteiger partial charge is 0.0874 e. The Morgan fingerprint density at radius 1 is 1.17 bits per heavy atom. The van der Waals surface area contributed by atoms with Gasteiger partial charge in [0.1, 0.15) is 0 Å². The van der Waals surface area contributed by atoms with Gasteiger partial charge >= 0.3 is 0 Å². The summed E-state index contributed by atoms with van der Waals surface area (Å²) in [5.74, 6) is 0.527. The van der Waals surface area contributed by atoms with E-state index in [0.717, 1.165) is 6.42 Å². The van der Waals surface area contributed by atoms with E-state index in [4.69, 9.17) is 0 Å². The van der Waals surface area contributed by atoms with Gasteiger partial charge in [0.2, 0.25) is 0 Å². The second-order valence-corrected chi connectivity index (χ2v) is 4.52. The van der Waals surface area contributed by atoms with Gasteiger partial charge in [0.25, 0.3) is 0 Å². The van der Waals surface area contributed by atoms with Gasteiger partial charge < -0.3 is 0 Å². The number of rotatable bonds is 3. The molecule has 0 bridgehead atoms. The molecule has 0 heteroatoms. The summed E-state index contributed by atoms with van der Waals surface area (Å²) in [6, 6.07) is 10.6. The van der Waals surface area contributed by atoms with Gasteiger partial charge in [-0.1, -0.05) is 66.8 Å². The smallest absolute Gasteiger partial charge is 0.00527 e. The van der Waals surface area contributed by atoms with Crippen molar-refractivity contribution >= 4 is 5.57 Å². The highest BCUT2D eigenvalue weighted by Crippen LogP contribution is 2.28. The van der Waals surface area contributed by atoms with E-state index >= 15 is 0 Å². The van der Waals surface area contributed by atoms with Crippen LogP contribution in [0.1, 0.15) is 25.8 Å². The fourth-order valence-corrected chi connectivity index (χ4v) is 2.34. The first-order valence-electron chi connectivity index (χ1n) is 6.58. The molecule has 1 aromatic rings. The van der Waals surface area contributed by atoms with Crippen molar-refractivity contribution < 1.29 is 0 Å². The van der Waals surface area contributed by atoms with Crippen LogP contribution in [0.4, 0.5) is 0 Å². The van der Waals surface area contributed by atoms with E-state index in [2.05, 4.69) is 80.6 Å². The van der Waals surface area contributed by atoms with E-state index in [1.165, 1.54) is 16.7 Å². The predicted octanol–water partition coefficient (Wildman–Crippen LogP) is 5.17. The zero-order valence-electron chi connectivity index (χ0n) is 11.1. The molecule has 0 amide bonds. The Kier molecular flexibility index (Phi) is 4.35. The van der Waals surface area contributed by atoms with Crippen molar-refractivity contribution in [1.82, 2.24) is 0 Å². The molecule has 92 valence electrons. The van der Waals surface area contributed by atoms with Crippen LogP contribution in [0.5, 0.6) is 0 Å². The predicted molar refractivity (Wildman–Crippen MR) is 80.2 cm³/mol. The summed E-state index contributed by atoms with van der Waals surface area (Å²) in [5.41, 5.74) is 4.04. The van der Waals surface area contributed by atoms with Crippen molar-refractivity contribution in [3.63, 3.8) is 0 Å². The second kappa shape index (κ2) is 6.20.